The summed E-state index contributed by atoms with van der Waals surface area (Å²) in [6, 6.07) is 11.0. The molecule has 0 aliphatic heterocycles. The molecule has 0 aromatic heterocycles. The number of sulfonamides is 1. The first-order valence-corrected chi connectivity index (χ1v) is 8.47. The van der Waals surface area contributed by atoms with E-state index in [1.54, 1.807) is 6.07 Å². The van der Waals surface area contributed by atoms with Gasteiger partial charge in [-0.2, -0.15) is 5.26 Å². The summed E-state index contributed by atoms with van der Waals surface area (Å²) in [6.45, 7) is 1.82. The molecule has 21 heavy (non-hydrogen) atoms. The normalized spacial score (nSPS) is 11.0. The Balaban J connectivity index is 2.42. The Hall–Kier alpha value is -1.55. The number of nitrogens with zero attached hydrogens (tertiary/aromatic N) is 1. The molecule has 2 aromatic carbocycles. The van der Waals surface area contributed by atoms with Crippen molar-refractivity contribution in [2.75, 3.05) is 4.72 Å². The quantitative estimate of drug-likeness (QED) is 0.865. The summed E-state index contributed by atoms with van der Waals surface area (Å²) in [5.74, 6) is 0. The molecule has 0 spiro atoms. The van der Waals surface area contributed by atoms with Crippen LogP contribution in [0.3, 0.4) is 0 Å². The minimum atomic E-state index is -3.79. The monoisotopic (exact) mass is 384 g/mol. The fraction of sp³-hybridized carbons (Fsp3) is 0.0714. The smallest absolute Gasteiger partial charge is 0.261 e. The molecule has 0 bridgehead atoms. The molecular formula is C14H10BrClN2O2S. The van der Waals surface area contributed by atoms with Crippen molar-refractivity contribution in [3.8, 4) is 6.07 Å². The van der Waals surface area contributed by atoms with Crippen LogP contribution in [0.2, 0.25) is 5.02 Å². The largest absolute Gasteiger partial charge is 0.278 e. The molecule has 0 atom stereocenters. The van der Waals surface area contributed by atoms with Crippen LogP contribution in [0.4, 0.5) is 5.69 Å². The van der Waals surface area contributed by atoms with Crippen molar-refractivity contribution in [3.63, 3.8) is 0 Å². The van der Waals surface area contributed by atoms with E-state index in [0.717, 1.165) is 5.56 Å². The highest BCUT2D eigenvalue weighted by atomic mass is 79.9. The molecule has 1 N–H and O–H groups in total. The van der Waals surface area contributed by atoms with Gasteiger partial charge in [0.25, 0.3) is 10.0 Å². The fourth-order valence-corrected chi connectivity index (χ4v) is 3.63. The maximum absolute atomic E-state index is 12.3. The third kappa shape index (κ3) is 3.56. The van der Waals surface area contributed by atoms with E-state index in [-0.39, 0.29) is 10.5 Å². The summed E-state index contributed by atoms with van der Waals surface area (Å²) in [5, 5.41) is 9.30. The number of aryl methyl sites for hydroxylation is 1. The van der Waals surface area contributed by atoms with Gasteiger partial charge in [0.05, 0.1) is 22.2 Å². The van der Waals surface area contributed by atoms with Crippen LogP contribution in [0.25, 0.3) is 0 Å². The molecule has 0 aliphatic rings. The van der Waals surface area contributed by atoms with E-state index < -0.39 is 10.0 Å². The molecule has 108 valence electrons. The first kappa shape index (κ1) is 15.8. The Bertz CT molecular complexity index is 845. The number of anilines is 1. The van der Waals surface area contributed by atoms with E-state index in [9.17, 15) is 8.42 Å². The summed E-state index contributed by atoms with van der Waals surface area (Å²) in [6.07, 6.45) is 0. The molecule has 7 heteroatoms. The predicted octanol–water partition coefficient (Wildman–Crippen LogP) is 4.08. The molecule has 0 heterocycles. The Labute approximate surface area is 136 Å². The van der Waals surface area contributed by atoms with Crippen molar-refractivity contribution < 1.29 is 8.42 Å². The highest BCUT2D eigenvalue weighted by Gasteiger charge is 2.17. The molecule has 0 unspecified atom stereocenters. The zero-order valence-electron chi connectivity index (χ0n) is 10.9. The average molecular weight is 386 g/mol. The lowest BCUT2D eigenvalue weighted by Crippen LogP contribution is -2.13. The number of nitriles is 1. The molecule has 0 radical (unpaired) electrons. The molecule has 2 rings (SSSR count). The number of halogens is 2. The van der Waals surface area contributed by atoms with Crippen LogP contribution < -0.4 is 4.72 Å². The second-order valence-corrected chi connectivity index (χ2v) is 7.27. The number of rotatable bonds is 3. The molecule has 2 aromatic rings. The average Bonchev–Trinajstić information content (AvgIpc) is 2.44. The van der Waals surface area contributed by atoms with Crippen molar-refractivity contribution in [3.05, 3.63) is 57.0 Å². The van der Waals surface area contributed by atoms with Gasteiger partial charge < -0.3 is 0 Å². The van der Waals surface area contributed by atoms with Crippen molar-refractivity contribution in [2.24, 2.45) is 0 Å². The third-order valence-electron chi connectivity index (χ3n) is 2.77. The SMILES string of the molecule is Cc1cc(Br)c(NS(=O)(=O)c2cccc(C#N)c2)cc1Cl. The van der Waals surface area contributed by atoms with Crippen LogP contribution in [-0.4, -0.2) is 8.42 Å². The lowest BCUT2D eigenvalue weighted by atomic mass is 10.2. The van der Waals surface area contributed by atoms with Gasteiger partial charge in [-0.3, -0.25) is 4.72 Å². The summed E-state index contributed by atoms with van der Waals surface area (Å²) in [7, 11) is -3.79. The summed E-state index contributed by atoms with van der Waals surface area (Å²) in [5.41, 5.74) is 1.45. The molecule has 0 saturated heterocycles. The fourth-order valence-electron chi connectivity index (χ4n) is 1.66. The van der Waals surface area contributed by atoms with Crippen LogP contribution in [0, 0.1) is 18.3 Å². The van der Waals surface area contributed by atoms with Crippen LogP contribution in [0.15, 0.2) is 45.8 Å². The highest BCUT2D eigenvalue weighted by molar-refractivity contribution is 9.10. The minimum Gasteiger partial charge on any atom is -0.278 e. The van der Waals surface area contributed by atoms with E-state index in [2.05, 4.69) is 20.7 Å². The molecule has 0 saturated carbocycles. The van der Waals surface area contributed by atoms with Crippen molar-refractivity contribution >= 4 is 43.2 Å². The lowest BCUT2D eigenvalue weighted by molar-refractivity contribution is 0.601. The van der Waals surface area contributed by atoms with Crippen LogP contribution >= 0.6 is 27.5 Å². The van der Waals surface area contributed by atoms with Gasteiger partial charge in [-0.25, -0.2) is 8.42 Å². The van der Waals surface area contributed by atoms with E-state index in [1.165, 1.54) is 30.3 Å². The first-order chi connectivity index (χ1) is 9.83. The van der Waals surface area contributed by atoms with Gasteiger partial charge in [-0.1, -0.05) is 17.7 Å². The van der Waals surface area contributed by atoms with Crippen molar-refractivity contribution in [1.29, 1.82) is 5.26 Å². The first-order valence-electron chi connectivity index (χ1n) is 5.82. The van der Waals surface area contributed by atoms with Crippen molar-refractivity contribution in [1.82, 2.24) is 0 Å². The van der Waals surface area contributed by atoms with Crippen molar-refractivity contribution in [2.45, 2.75) is 11.8 Å². The van der Waals surface area contributed by atoms with Gasteiger partial charge in [-0.05, 0) is 58.7 Å². The Morgan fingerprint density at radius 3 is 2.67 bits per heavy atom. The summed E-state index contributed by atoms with van der Waals surface area (Å²) >= 11 is 9.31. The summed E-state index contributed by atoms with van der Waals surface area (Å²) < 4.78 is 27.7. The van der Waals surface area contributed by atoms with E-state index in [1.807, 2.05) is 13.0 Å². The Morgan fingerprint density at radius 2 is 2.00 bits per heavy atom. The van der Waals surface area contributed by atoms with E-state index in [4.69, 9.17) is 16.9 Å². The number of benzene rings is 2. The number of hydrogen-bond acceptors (Lipinski definition) is 3. The Kier molecular flexibility index (Phi) is 4.57. The molecule has 0 aliphatic carbocycles. The van der Waals surface area contributed by atoms with Crippen LogP contribution in [0.5, 0.6) is 0 Å². The van der Waals surface area contributed by atoms with Crippen LogP contribution in [0.1, 0.15) is 11.1 Å². The minimum absolute atomic E-state index is 0.0187. The lowest BCUT2D eigenvalue weighted by Gasteiger charge is -2.11. The topological polar surface area (TPSA) is 70.0 Å². The molecule has 0 fully saturated rings. The predicted molar refractivity (Wildman–Crippen MR) is 85.9 cm³/mol. The highest BCUT2D eigenvalue weighted by Crippen LogP contribution is 2.30. The zero-order valence-corrected chi connectivity index (χ0v) is 14.1. The van der Waals surface area contributed by atoms with Gasteiger partial charge in [0.2, 0.25) is 0 Å². The van der Waals surface area contributed by atoms with Crippen LogP contribution in [-0.2, 0) is 10.0 Å². The standard InChI is InChI=1S/C14H10BrClN2O2S/c1-9-5-12(15)14(7-13(9)16)18-21(19,20)11-4-2-3-10(6-11)8-17/h2-7,18H,1H3. The second kappa shape index (κ2) is 6.06. The maximum atomic E-state index is 12.3. The second-order valence-electron chi connectivity index (χ2n) is 4.33. The Morgan fingerprint density at radius 1 is 1.29 bits per heavy atom. The molecule has 4 nitrogen and oxygen atoms in total. The molecular weight excluding hydrogens is 376 g/mol. The van der Waals surface area contributed by atoms with E-state index in [0.29, 0.717) is 15.2 Å². The number of hydrogen-bond donors (Lipinski definition) is 1. The third-order valence-corrected chi connectivity index (χ3v) is 5.19. The maximum Gasteiger partial charge on any atom is 0.261 e. The van der Waals surface area contributed by atoms with E-state index >= 15 is 0 Å². The van der Waals surface area contributed by atoms with Gasteiger partial charge in [0.1, 0.15) is 0 Å². The molecule has 0 amide bonds. The number of nitrogens with one attached hydrogen (secondary N) is 1. The van der Waals surface area contributed by atoms with Gasteiger partial charge in [0.15, 0.2) is 0 Å². The van der Waals surface area contributed by atoms with Gasteiger partial charge in [-0.15, -0.1) is 0 Å². The zero-order chi connectivity index (χ0) is 15.6. The van der Waals surface area contributed by atoms with Gasteiger partial charge >= 0.3 is 0 Å². The summed E-state index contributed by atoms with van der Waals surface area (Å²) in [4.78, 5) is 0.0187. The van der Waals surface area contributed by atoms with Gasteiger partial charge in [0, 0.05) is 9.50 Å².